The number of fused-ring (bicyclic) bond motifs is 1. The Balaban J connectivity index is 2.00. The van der Waals surface area contributed by atoms with E-state index in [1.807, 2.05) is 25.2 Å². The Bertz CT molecular complexity index is 586. The van der Waals surface area contributed by atoms with Crippen LogP contribution in [0.4, 0.5) is 5.69 Å². The summed E-state index contributed by atoms with van der Waals surface area (Å²) in [7, 11) is 1.83. The van der Waals surface area contributed by atoms with Crippen molar-refractivity contribution < 1.29 is 4.79 Å². The molecule has 17 heavy (non-hydrogen) atoms. The third-order valence-corrected chi connectivity index (χ3v) is 3.11. The van der Waals surface area contributed by atoms with Gasteiger partial charge in [-0.15, -0.1) is 0 Å². The number of hydrogen-bond donors (Lipinski definition) is 1. The van der Waals surface area contributed by atoms with Gasteiger partial charge in [-0.2, -0.15) is 0 Å². The Morgan fingerprint density at radius 1 is 1.47 bits per heavy atom. The highest BCUT2D eigenvalue weighted by Gasteiger charge is 2.17. The van der Waals surface area contributed by atoms with Crippen LogP contribution in [0.2, 0.25) is 0 Å². The van der Waals surface area contributed by atoms with Crippen molar-refractivity contribution in [2.45, 2.75) is 6.42 Å². The number of nitrogens with one attached hydrogen (secondary N) is 1. The molecular formula is C13H13N3O. The van der Waals surface area contributed by atoms with E-state index in [0.29, 0.717) is 11.4 Å². The lowest BCUT2D eigenvalue weighted by molar-refractivity contribution is 0.102. The molecule has 2 aromatic rings. The number of aryl methyl sites for hydroxylation is 1. The minimum atomic E-state index is -0.0333. The number of rotatable bonds is 2. The van der Waals surface area contributed by atoms with Gasteiger partial charge >= 0.3 is 0 Å². The second-order valence-corrected chi connectivity index (χ2v) is 4.24. The van der Waals surface area contributed by atoms with Crippen LogP contribution in [0.3, 0.4) is 0 Å². The van der Waals surface area contributed by atoms with Crippen LogP contribution >= 0.6 is 0 Å². The van der Waals surface area contributed by atoms with E-state index in [0.717, 1.165) is 18.7 Å². The van der Waals surface area contributed by atoms with Crippen molar-refractivity contribution in [2.75, 3.05) is 11.9 Å². The van der Waals surface area contributed by atoms with Crippen molar-refractivity contribution >= 4 is 11.5 Å². The van der Waals surface area contributed by atoms with Crippen LogP contribution < -0.4 is 5.32 Å². The molecule has 1 aromatic carbocycles. The molecule has 86 valence electrons. The van der Waals surface area contributed by atoms with E-state index in [9.17, 15) is 4.79 Å². The zero-order valence-corrected chi connectivity index (χ0v) is 9.60. The Labute approximate surface area is 99.3 Å². The molecule has 0 atom stereocenters. The number of hydrogen-bond acceptors (Lipinski definition) is 3. The summed E-state index contributed by atoms with van der Waals surface area (Å²) in [4.78, 5) is 16.3. The minimum absolute atomic E-state index is 0.0333. The number of benzene rings is 1. The standard InChI is InChI=1S/C13H13N3O/c1-16-7-6-15-13(16)12(17)10-3-2-9-4-5-14-11(9)8-10/h2-3,6-8,14H,4-5H2,1H3. The van der Waals surface area contributed by atoms with Gasteiger partial charge in [0, 0.05) is 37.2 Å². The molecular weight excluding hydrogens is 214 g/mol. The predicted molar refractivity (Wildman–Crippen MR) is 65.3 cm³/mol. The lowest BCUT2D eigenvalue weighted by Gasteiger charge is -2.04. The van der Waals surface area contributed by atoms with Crippen LogP contribution in [0.1, 0.15) is 21.7 Å². The summed E-state index contributed by atoms with van der Waals surface area (Å²) in [6.07, 6.45) is 4.45. The molecule has 0 fully saturated rings. The van der Waals surface area contributed by atoms with E-state index in [2.05, 4.69) is 10.3 Å². The predicted octanol–water partition coefficient (Wildman–Crippen LogP) is 1.62. The van der Waals surface area contributed by atoms with Gasteiger partial charge in [-0.1, -0.05) is 12.1 Å². The Hall–Kier alpha value is -2.10. The Morgan fingerprint density at radius 2 is 2.35 bits per heavy atom. The van der Waals surface area contributed by atoms with E-state index >= 15 is 0 Å². The SMILES string of the molecule is Cn1ccnc1C(=O)c1ccc2c(c1)NCC2. The van der Waals surface area contributed by atoms with Crippen molar-refractivity contribution in [1.82, 2.24) is 9.55 Å². The maximum absolute atomic E-state index is 12.2. The van der Waals surface area contributed by atoms with Crippen LogP contribution in [-0.2, 0) is 13.5 Å². The van der Waals surface area contributed by atoms with Gasteiger partial charge in [0.15, 0.2) is 5.82 Å². The van der Waals surface area contributed by atoms with E-state index < -0.39 is 0 Å². The molecule has 0 unspecified atom stereocenters. The Kier molecular flexibility index (Phi) is 2.21. The van der Waals surface area contributed by atoms with Crippen LogP contribution in [-0.4, -0.2) is 21.9 Å². The van der Waals surface area contributed by atoms with Crippen molar-refractivity contribution in [2.24, 2.45) is 7.05 Å². The Morgan fingerprint density at radius 3 is 3.12 bits per heavy atom. The lowest BCUT2D eigenvalue weighted by Crippen LogP contribution is -2.08. The smallest absolute Gasteiger partial charge is 0.228 e. The van der Waals surface area contributed by atoms with Crippen LogP contribution in [0.15, 0.2) is 30.6 Å². The fourth-order valence-corrected chi connectivity index (χ4v) is 2.15. The van der Waals surface area contributed by atoms with Gasteiger partial charge in [-0.05, 0) is 18.1 Å². The number of carbonyl (C=O) groups excluding carboxylic acids is 1. The summed E-state index contributed by atoms with van der Waals surface area (Å²) in [5, 5.41) is 3.28. The average Bonchev–Trinajstić information content (AvgIpc) is 2.95. The van der Waals surface area contributed by atoms with Crippen molar-refractivity contribution in [1.29, 1.82) is 0 Å². The fraction of sp³-hybridized carbons (Fsp3) is 0.231. The molecule has 1 N–H and O–H groups in total. The average molecular weight is 227 g/mol. The first-order chi connectivity index (χ1) is 8.25. The summed E-state index contributed by atoms with van der Waals surface area (Å²) in [6.45, 7) is 0.954. The molecule has 0 amide bonds. The van der Waals surface area contributed by atoms with E-state index in [-0.39, 0.29) is 5.78 Å². The van der Waals surface area contributed by atoms with E-state index in [1.54, 1.807) is 17.0 Å². The molecule has 4 heteroatoms. The van der Waals surface area contributed by atoms with Crippen LogP contribution in [0.25, 0.3) is 0 Å². The summed E-state index contributed by atoms with van der Waals surface area (Å²) < 4.78 is 1.74. The number of aromatic nitrogens is 2. The molecule has 0 bridgehead atoms. The second kappa shape index (κ2) is 3.73. The summed E-state index contributed by atoms with van der Waals surface area (Å²) in [5.74, 6) is 0.442. The molecule has 2 heterocycles. The molecule has 3 rings (SSSR count). The molecule has 1 aromatic heterocycles. The summed E-state index contributed by atoms with van der Waals surface area (Å²) >= 11 is 0. The van der Waals surface area contributed by atoms with Crippen molar-refractivity contribution in [3.8, 4) is 0 Å². The normalized spacial score (nSPS) is 13.2. The molecule has 0 radical (unpaired) electrons. The van der Waals surface area contributed by atoms with Gasteiger partial charge < -0.3 is 9.88 Å². The molecule has 4 nitrogen and oxygen atoms in total. The van der Waals surface area contributed by atoms with E-state index in [4.69, 9.17) is 0 Å². The largest absolute Gasteiger partial charge is 0.384 e. The highest BCUT2D eigenvalue weighted by molar-refractivity contribution is 6.07. The monoisotopic (exact) mass is 227 g/mol. The quantitative estimate of drug-likeness (QED) is 0.793. The number of imidazole rings is 1. The third-order valence-electron chi connectivity index (χ3n) is 3.11. The fourth-order valence-electron chi connectivity index (χ4n) is 2.15. The van der Waals surface area contributed by atoms with Gasteiger partial charge in [0.05, 0.1) is 0 Å². The topological polar surface area (TPSA) is 46.9 Å². The van der Waals surface area contributed by atoms with Gasteiger partial charge in [0.1, 0.15) is 0 Å². The highest BCUT2D eigenvalue weighted by atomic mass is 16.1. The first-order valence-electron chi connectivity index (χ1n) is 5.64. The van der Waals surface area contributed by atoms with Gasteiger partial charge in [-0.3, -0.25) is 4.79 Å². The van der Waals surface area contributed by atoms with Crippen LogP contribution in [0.5, 0.6) is 0 Å². The van der Waals surface area contributed by atoms with E-state index in [1.165, 1.54) is 5.56 Å². The van der Waals surface area contributed by atoms with Crippen molar-refractivity contribution in [3.05, 3.63) is 47.5 Å². The van der Waals surface area contributed by atoms with Crippen LogP contribution in [0, 0.1) is 0 Å². The number of carbonyl (C=O) groups is 1. The molecule has 0 spiro atoms. The van der Waals surface area contributed by atoms with Gasteiger partial charge in [0.25, 0.3) is 0 Å². The maximum Gasteiger partial charge on any atom is 0.228 e. The summed E-state index contributed by atoms with van der Waals surface area (Å²) in [6, 6.07) is 5.81. The molecule has 0 saturated heterocycles. The summed E-state index contributed by atoms with van der Waals surface area (Å²) in [5.41, 5.74) is 3.04. The first kappa shape index (κ1) is 10.1. The molecule has 0 aliphatic carbocycles. The zero-order valence-electron chi connectivity index (χ0n) is 9.60. The zero-order chi connectivity index (χ0) is 11.8. The molecule has 1 aliphatic heterocycles. The number of anilines is 1. The lowest BCUT2D eigenvalue weighted by atomic mass is 10.1. The number of ketones is 1. The maximum atomic E-state index is 12.2. The minimum Gasteiger partial charge on any atom is -0.384 e. The van der Waals surface area contributed by atoms with Gasteiger partial charge in [0.2, 0.25) is 5.78 Å². The first-order valence-corrected chi connectivity index (χ1v) is 5.64. The number of nitrogens with zero attached hydrogens (tertiary/aromatic N) is 2. The second-order valence-electron chi connectivity index (χ2n) is 4.24. The van der Waals surface area contributed by atoms with Gasteiger partial charge in [-0.25, -0.2) is 4.98 Å². The molecule has 0 saturated carbocycles. The third kappa shape index (κ3) is 1.62. The highest BCUT2D eigenvalue weighted by Crippen LogP contribution is 2.24. The van der Waals surface area contributed by atoms with Crippen molar-refractivity contribution in [3.63, 3.8) is 0 Å². The molecule has 1 aliphatic rings.